The lowest BCUT2D eigenvalue weighted by molar-refractivity contribution is -0.137. The standard InChI is InChI=1S/C66H46F3N3/c1-40-14-5-9-20-51(40)45-24-28-60-55(33-45)56-34-46(52-21-10-6-15-41(52)2)25-29-61(56)71(60)64-37-49(44-18-13-19-50(32-44)66(67,68)69)38-65(59(64)39-70)72-62-30-26-47(53-22-11-7-16-42(53)3)35-57(62)58-36-48(27-31-63(58)72)54-23-12-8-17-43(54)4/h5-38H,1-4H3. The van der Waals surface area contributed by atoms with Crippen LogP contribution < -0.4 is 0 Å². The van der Waals surface area contributed by atoms with Crippen molar-refractivity contribution >= 4 is 43.6 Å². The second-order valence-electron chi connectivity index (χ2n) is 18.9. The molecular formula is C66H46F3N3. The minimum atomic E-state index is -4.57. The fourth-order valence-electron chi connectivity index (χ4n) is 10.9. The highest BCUT2D eigenvalue weighted by Gasteiger charge is 2.31. The van der Waals surface area contributed by atoms with Gasteiger partial charge in [-0.2, -0.15) is 18.4 Å². The zero-order chi connectivity index (χ0) is 49.4. The molecule has 3 nitrogen and oxygen atoms in total. The first-order valence-electron chi connectivity index (χ1n) is 24.1. The van der Waals surface area contributed by atoms with Crippen LogP contribution in [-0.4, -0.2) is 9.13 Å². The largest absolute Gasteiger partial charge is 0.416 e. The molecule has 0 saturated heterocycles. The molecule has 12 rings (SSSR count). The first-order chi connectivity index (χ1) is 34.9. The molecule has 12 aromatic rings. The van der Waals surface area contributed by atoms with Gasteiger partial charge in [-0.1, -0.05) is 133 Å². The predicted octanol–water partition coefficient (Wildman–Crippen LogP) is 18.3. The van der Waals surface area contributed by atoms with Crippen LogP contribution in [0.5, 0.6) is 0 Å². The molecule has 0 aliphatic rings. The van der Waals surface area contributed by atoms with Crippen molar-refractivity contribution in [2.75, 3.05) is 0 Å². The van der Waals surface area contributed by atoms with Crippen molar-refractivity contribution in [1.82, 2.24) is 9.13 Å². The maximum Gasteiger partial charge on any atom is 0.416 e. The molecule has 346 valence electrons. The maximum absolute atomic E-state index is 14.6. The third-order valence-corrected chi connectivity index (χ3v) is 14.6. The van der Waals surface area contributed by atoms with E-state index in [-0.39, 0.29) is 0 Å². The lowest BCUT2D eigenvalue weighted by Gasteiger charge is -2.19. The van der Waals surface area contributed by atoms with Gasteiger partial charge in [-0.3, -0.25) is 0 Å². The first kappa shape index (κ1) is 44.3. The number of rotatable bonds is 7. The molecular weight excluding hydrogens is 892 g/mol. The fraction of sp³-hybridized carbons (Fsp3) is 0.0758. The van der Waals surface area contributed by atoms with Gasteiger partial charge in [0.1, 0.15) is 11.6 Å². The van der Waals surface area contributed by atoms with Crippen molar-refractivity contribution in [3.05, 3.63) is 240 Å². The molecule has 0 aliphatic heterocycles. The Labute approximate surface area is 415 Å². The smallest absolute Gasteiger partial charge is 0.308 e. The Kier molecular flexibility index (Phi) is 10.6. The van der Waals surface area contributed by atoms with E-state index < -0.39 is 11.7 Å². The summed E-state index contributed by atoms with van der Waals surface area (Å²) in [6, 6.07) is 71.1. The summed E-state index contributed by atoms with van der Waals surface area (Å²) in [7, 11) is 0. The SMILES string of the molecule is Cc1ccccc1-c1ccc2c(c1)c1cc(-c3ccccc3C)ccc1n2-c1cc(-c2cccc(C(F)(F)F)c2)cc(-n2c3ccc(-c4ccccc4C)cc3c3cc(-c4ccccc4C)ccc32)c1C#N. The van der Waals surface area contributed by atoms with Crippen molar-refractivity contribution in [1.29, 1.82) is 5.26 Å². The number of nitrogens with zero attached hydrogens (tertiary/aromatic N) is 3. The van der Waals surface area contributed by atoms with Gasteiger partial charge in [0.15, 0.2) is 0 Å². The molecule has 0 amide bonds. The highest BCUT2D eigenvalue weighted by molar-refractivity contribution is 6.14. The molecule has 0 aliphatic carbocycles. The van der Waals surface area contributed by atoms with Crippen LogP contribution in [0.1, 0.15) is 33.4 Å². The van der Waals surface area contributed by atoms with Gasteiger partial charge in [0.25, 0.3) is 0 Å². The van der Waals surface area contributed by atoms with Gasteiger partial charge in [-0.25, -0.2) is 0 Å². The van der Waals surface area contributed by atoms with Gasteiger partial charge in [-0.05, 0) is 178 Å². The van der Waals surface area contributed by atoms with E-state index in [9.17, 15) is 18.4 Å². The summed E-state index contributed by atoms with van der Waals surface area (Å²) in [5, 5.41) is 15.7. The summed E-state index contributed by atoms with van der Waals surface area (Å²) in [4.78, 5) is 0. The summed E-state index contributed by atoms with van der Waals surface area (Å²) < 4.78 is 48.0. The van der Waals surface area contributed by atoms with Crippen LogP contribution in [0.15, 0.2) is 206 Å². The van der Waals surface area contributed by atoms with Gasteiger partial charge in [-0.15, -0.1) is 0 Å². The Morgan fingerprint density at radius 2 is 0.681 bits per heavy atom. The average molecular weight is 938 g/mol. The highest BCUT2D eigenvalue weighted by Crippen LogP contribution is 2.44. The molecule has 6 heteroatoms. The molecule has 0 bridgehead atoms. The number of fused-ring (bicyclic) bond motifs is 6. The number of benzene rings is 10. The Morgan fingerprint density at radius 1 is 0.347 bits per heavy atom. The van der Waals surface area contributed by atoms with Crippen LogP contribution in [0.25, 0.3) is 111 Å². The molecule has 0 unspecified atom stereocenters. The molecule has 0 saturated carbocycles. The second-order valence-corrected chi connectivity index (χ2v) is 18.9. The summed E-state index contributed by atoms with van der Waals surface area (Å²) >= 11 is 0. The third kappa shape index (κ3) is 7.36. The molecule has 0 radical (unpaired) electrons. The van der Waals surface area contributed by atoms with Gasteiger partial charge < -0.3 is 9.13 Å². The monoisotopic (exact) mass is 937 g/mol. The number of hydrogen-bond acceptors (Lipinski definition) is 1. The van der Waals surface area contributed by atoms with Crippen LogP contribution in [0.2, 0.25) is 0 Å². The molecule has 2 heterocycles. The van der Waals surface area contributed by atoms with Crippen molar-refractivity contribution in [2.24, 2.45) is 0 Å². The Bertz CT molecular complexity index is 3780. The van der Waals surface area contributed by atoms with Crippen LogP contribution in [-0.2, 0) is 6.18 Å². The normalized spacial score (nSPS) is 11.8. The van der Waals surface area contributed by atoms with Gasteiger partial charge in [0.2, 0.25) is 0 Å². The molecule has 0 spiro atoms. The number of halogens is 3. The number of aromatic nitrogens is 2. The average Bonchev–Trinajstić information content (AvgIpc) is 3.89. The van der Waals surface area contributed by atoms with Crippen molar-refractivity contribution < 1.29 is 13.2 Å². The number of alkyl halides is 3. The number of hydrogen-bond donors (Lipinski definition) is 0. The minimum Gasteiger partial charge on any atom is -0.308 e. The molecule has 0 atom stereocenters. The zero-order valence-electron chi connectivity index (χ0n) is 40.1. The third-order valence-electron chi connectivity index (χ3n) is 14.6. The first-order valence-corrected chi connectivity index (χ1v) is 24.1. The zero-order valence-corrected chi connectivity index (χ0v) is 40.1. The van der Waals surface area contributed by atoms with E-state index in [1.54, 1.807) is 6.07 Å². The molecule has 72 heavy (non-hydrogen) atoms. The lowest BCUT2D eigenvalue weighted by Crippen LogP contribution is -2.06. The topological polar surface area (TPSA) is 33.6 Å². The molecule has 0 fully saturated rings. The van der Waals surface area contributed by atoms with Gasteiger partial charge >= 0.3 is 6.18 Å². The van der Waals surface area contributed by atoms with Gasteiger partial charge in [0.05, 0.1) is 39.0 Å². The van der Waals surface area contributed by atoms with E-state index in [1.165, 1.54) is 12.1 Å². The van der Waals surface area contributed by atoms with Crippen molar-refractivity contribution in [3.63, 3.8) is 0 Å². The molecule has 2 aromatic heterocycles. The van der Waals surface area contributed by atoms with E-state index in [2.05, 4.69) is 164 Å². The maximum atomic E-state index is 14.6. The molecule has 0 N–H and O–H groups in total. The van der Waals surface area contributed by atoms with E-state index >= 15 is 0 Å². The quantitative estimate of drug-likeness (QED) is 0.157. The second kappa shape index (κ2) is 17.2. The summed E-state index contributed by atoms with van der Waals surface area (Å²) in [5.41, 5.74) is 18.4. The number of nitriles is 1. The van der Waals surface area contributed by atoms with E-state index in [0.717, 1.165) is 116 Å². The van der Waals surface area contributed by atoms with E-state index in [4.69, 9.17) is 0 Å². The fourth-order valence-corrected chi connectivity index (χ4v) is 10.9. The van der Waals surface area contributed by atoms with Crippen LogP contribution in [0.4, 0.5) is 13.2 Å². The van der Waals surface area contributed by atoms with Crippen molar-refractivity contribution in [2.45, 2.75) is 33.9 Å². The van der Waals surface area contributed by atoms with Gasteiger partial charge in [0, 0.05) is 21.5 Å². The lowest BCUT2D eigenvalue weighted by atomic mass is 9.97. The Balaban J connectivity index is 1.20. The Hall–Kier alpha value is -8.92. The summed E-state index contributed by atoms with van der Waals surface area (Å²) in [6.45, 7) is 8.45. The Morgan fingerprint density at radius 3 is 0.986 bits per heavy atom. The van der Waals surface area contributed by atoms with E-state index in [1.807, 2.05) is 60.7 Å². The molecule has 10 aromatic carbocycles. The van der Waals surface area contributed by atoms with Crippen molar-refractivity contribution in [3.8, 4) is 73.1 Å². The predicted molar refractivity (Wildman–Crippen MR) is 291 cm³/mol. The number of aryl methyl sites for hydroxylation is 4. The highest BCUT2D eigenvalue weighted by atomic mass is 19.4. The van der Waals surface area contributed by atoms with Crippen LogP contribution >= 0.6 is 0 Å². The summed E-state index contributed by atoms with van der Waals surface area (Å²) in [5.74, 6) is 0. The minimum absolute atomic E-state index is 0.375. The van der Waals surface area contributed by atoms with Crippen LogP contribution in [0, 0.1) is 39.0 Å². The van der Waals surface area contributed by atoms with E-state index in [0.29, 0.717) is 28.1 Å². The van der Waals surface area contributed by atoms with Crippen LogP contribution in [0.3, 0.4) is 0 Å². The summed E-state index contributed by atoms with van der Waals surface area (Å²) in [6.07, 6.45) is -4.57.